The molecule has 0 saturated carbocycles. The molecule has 1 atom stereocenters. The third-order valence-electron chi connectivity index (χ3n) is 3.71. The van der Waals surface area contributed by atoms with E-state index in [4.69, 9.17) is 5.73 Å². The summed E-state index contributed by atoms with van der Waals surface area (Å²) in [5, 5.41) is 0. The van der Waals surface area contributed by atoms with E-state index in [1.165, 1.54) is 49.7 Å². The topological polar surface area (TPSA) is 26.0 Å². The molecule has 14 heavy (non-hydrogen) atoms. The van der Waals surface area contributed by atoms with Crippen LogP contribution in [0.25, 0.3) is 0 Å². The maximum absolute atomic E-state index is 6.14. The standard InChI is InChI=1S/C13H17N/c14-13-6-2-5-11-7-9-3-1-4-10(9)8-12(11)13/h7-8,13H,1-6,14H2/t13-/m1/s1. The quantitative estimate of drug-likeness (QED) is 0.663. The molecule has 0 bridgehead atoms. The fraction of sp³-hybridized carbons (Fsp3) is 0.538. The Morgan fingerprint density at radius 1 is 0.929 bits per heavy atom. The van der Waals surface area contributed by atoms with Gasteiger partial charge in [-0.3, -0.25) is 0 Å². The van der Waals surface area contributed by atoms with Gasteiger partial charge in [0.1, 0.15) is 0 Å². The summed E-state index contributed by atoms with van der Waals surface area (Å²) in [6, 6.07) is 5.13. The third kappa shape index (κ3) is 1.19. The van der Waals surface area contributed by atoms with Gasteiger partial charge < -0.3 is 5.73 Å². The molecule has 1 aromatic rings. The number of benzene rings is 1. The molecular weight excluding hydrogens is 170 g/mol. The molecule has 0 saturated heterocycles. The maximum Gasteiger partial charge on any atom is 0.0297 e. The Morgan fingerprint density at radius 3 is 2.50 bits per heavy atom. The van der Waals surface area contributed by atoms with E-state index >= 15 is 0 Å². The van der Waals surface area contributed by atoms with E-state index in [1.807, 2.05) is 0 Å². The summed E-state index contributed by atoms with van der Waals surface area (Å²) >= 11 is 0. The average molecular weight is 187 g/mol. The van der Waals surface area contributed by atoms with E-state index in [9.17, 15) is 0 Å². The van der Waals surface area contributed by atoms with Gasteiger partial charge >= 0.3 is 0 Å². The highest BCUT2D eigenvalue weighted by Crippen LogP contribution is 2.33. The summed E-state index contributed by atoms with van der Waals surface area (Å²) < 4.78 is 0. The minimum atomic E-state index is 0.310. The normalized spacial score (nSPS) is 24.5. The van der Waals surface area contributed by atoms with E-state index in [0.717, 1.165) is 0 Å². The Labute approximate surface area is 85.3 Å². The molecule has 2 aliphatic carbocycles. The number of aryl methyl sites for hydroxylation is 3. The Bertz CT molecular complexity index is 368. The lowest BCUT2D eigenvalue weighted by Crippen LogP contribution is -2.17. The van der Waals surface area contributed by atoms with Crippen LogP contribution in [0.5, 0.6) is 0 Å². The van der Waals surface area contributed by atoms with Crippen LogP contribution in [0.1, 0.15) is 47.6 Å². The van der Waals surface area contributed by atoms with Crippen molar-refractivity contribution in [2.24, 2.45) is 5.73 Å². The predicted molar refractivity (Wildman–Crippen MR) is 58.3 cm³/mol. The van der Waals surface area contributed by atoms with Crippen LogP contribution in [-0.2, 0) is 19.3 Å². The van der Waals surface area contributed by atoms with Crippen molar-refractivity contribution >= 4 is 0 Å². The smallest absolute Gasteiger partial charge is 0.0297 e. The van der Waals surface area contributed by atoms with Crippen molar-refractivity contribution in [1.29, 1.82) is 0 Å². The van der Waals surface area contributed by atoms with Gasteiger partial charge in [-0.15, -0.1) is 0 Å². The van der Waals surface area contributed by atoms with Crippen molar-refractivity contribution in [3.05, 3.63) is 34.4 Å². The summed E-state index contributed by atoms with van der Waals surface area (Å²) in [7, 11) is 0. The van der Waals surface area contributed by atoms with Crippen molar-refractivity contribution in [1.82, 2.24) is 0 Å². The minimum Gasteiger partial charge on any atom is -0.324 e. The second-order valence-corrected chi connectivity index (χ2v) is 4.67. The minimum absolute atomic E-state index is 0.310. The first kappa shape index (κ1) is 8.49. The fourth-order valence-corrected chi connectivity index (χ4v) is 2.92. The zero-order valence-electron chi connectivity index (χ0n) is 8.55. The SMILES string of the molecule is N[C@@H]1CCCc2cc3c(cc21)CCC3. The van der Waals surface area contributed by atoms with E-state index in [-0.39, 0.29) is 0 Å². The summed E-state index contributed by atoms with van der Waals surface area (Å²) in [6.45, 7) is 0. The van der Waals surface area contributed by atoms with Crippen molar-refractivity contribution in [2.75, 3.05) is 0 Å². The molecular formula is C13H17N. The van der Waals surface area contributed by atoms with E-state index in [2.05, 4.69) is 12.1 Å². The highest BCUT2D eigenvalue weighted by Gasteiger charge is 2.20. The number of rotatable bonds is 0. The van der Waals surface area contributed by atoms with Gasteiger partial charge in [-0.05, 0) is 60.8 Å². The average Bonchev–Trinajstić information content (AvgIpc) is 2.62. The maximum atomic E-state index is 6.14. The van der Waals surface area contributed by atoms with E-state index in [0.29, 0.717) is 6.04 Å². The van der Waals surface area contributed by atoms with E-state index < -0.39 is 0 Å². The summed E-state index contributed by atoms with van der Waals surface area (Å²) in [5.41, 5.74) is 12.3. The van der Waals surface area contributed by atoms with Crippen molar-refractivity contribution in [3.63, 3.8) is 0 Å². The highest BCUT2D eigenvalue weighted by atomic mass is 14.6. The third-order valence-corrected chi connectivity index (χ3v) is 3.71. The molecule has 1 nitrogen and oxygen atoms in total. The van der Waals surface area contributed by atoms with Gasteiger partial charge in [-0.2, -0.15) is 0 Å². The Balaban J connectivity index is 2.12. The molecule has 3 rings (SSSR count). The van der Waals surface area contributed by atoms with Crippen LogP contribution in [-0.4, -0.2) is 0 Å². The first-order chi connectivity index (χ1) is 6.84. The molecule has 1 aromatic carbocycles. The van der Waals surface area contributed by atoms with Crippen LogP contribution < -0.4 is 5.73 Å². The van der Waals surface area contributed by atoms with Gasteiger partial charge in [0.15, 0.2) is 0 Å². The fourth-order valence-electron chi connectivity index (χ4n) is 2.92. The molecule has 0 spiro atoms. The lowest BCUT2D eigenvalue weighted by atomic mass is 9.86. The largest absolute Gasteiger partial charge is 0.324 e. The molecule has 0 amide bonds. The first-order valence-electron chi connectivity index (χ1n) is 5.75. The summed E-state index contributed by atoms with van der Waals surface area (Å²) in [4.78, 5) is 0. The molecule has 0 unspecified atom stereocenters. The van der Waals surface area contributed by atoms with Crippen LogP contribution in [0, 0.1) is 0 Å². The zero-order valence-corrected chi connectivity index (χ0v) is 8.55. The molecule has 0 fully saturated rings. The second kappa shape index (κ2) is 3.09. The molecule has 0 aliphatic heterocycles. The van der Waals surface area contributed by atoms with Gasteiger partial charge in [0.05, 0.1) is 0 Å². The second-order valence-electron chi connectivity index (χ2n) is 4.67. The van der Waals surface area contributed by atoms with Crippen LogP contribution in [0.3, 0.4) is 0 Å². The molecule has 2 aliphatic rings. The molecule has 0 aromatic heterocycles. The number of nitrogens with two attached hydrogens (primary N) is 1. The Hall–Kier alpha value is -0.820. The van der Waals surface area contributed by atoms with Crippen LogP contribution >= 0.6 is 0 Å². The van der Waals surface area contributed by atoms with Gasteiger partial charge in [0, 0.05) is 6.04 Å². The van der Waals surface area contributed by atoms with Crippen molar-refractivity contribution in [3.8, 4) is 0 Å². The predicted octanol–water partition coefficient (Wildman–Crippen LogP) is 2.51. The van der Waals surface area contributed by atoms with Crippen LogP contribution in [0.2, 0.25) is 0 Å². The van der Waals surface area contributed by atoms with Crippen LogP contribution in [0.15, 0.2) is 12.1 Å². The summed E-state index contributed by atoms with van der Waals surface area (Å²) in [5.74, 6) is 0. The monoisotopic (exact) mass is 187 g/mol. The summed E-state index contributed by atoms with van der Waals surface area (Å²) in [6.07, 6.45) is 7.59. The Kier molecular flexibility index (Phi) is 1.88. The highest BCUT2D eigenvalue weighted by molar-refractivity contribution is 5.43. The van der Waals surface area contributed by atoms with Crippen LogP contribution in [0.4, 0.5) is 0 Å². The van der Waals surface area contributed by atoms with Gasteiger partial charge in [0.2, 0.25) is 0 Å². The van der Waals surface area contributed by atoms with E-state index in [1.54, 1.807) is 11.1 Å². The number of hydrogen-bond acceptors (Lipinski definition) is 1. The molecule has 2 N–H and O–H groups in total. The van der Waals surface area contributed by atoms with Crippen molar-refractivity contribution in [2.45, 2.75) is 44.6 Å². The van der Waals surface area contributed by atoms with Gasteiger partial charge in [0.25, 0.3) is 0 Å². The molecule has 1 heteroatoms. The lowest BCUT2D eigenvalue weighted by molar-refractivity contribution is 0.569. The van der Waals surface area contributed by atoms with Crippen molar-refractivity contribution < 1.29 is 0 Å². The molecule has 74 valence electrons. The molecule has 0 heterocycles. The van der Waals surface area contributed by atoms with Gasteiger partial charge in [-0.1, -0.05) is 12.1 Å². The lowest BCUT2D eigenvalue weighted by Gasteiger charge is -2.23. The number of hydrogen-bond donors (Lipinski definition) is 1. The molecule has 0 radical (unpaired) electrons. The zero-order chi connectivity index (χ0) is 9.54. The first-order valence-corrected chi connectivity index (χ1v) is 5.75. The Morgan fingerprint density at radius 2 is 1.64 bits per heavy atom. The number of fused-ring (bicyclic) bond motifs is 2. The van der Waals surface area contributed by atoms with Gasteiger partial charge in [-0.25, -0.2) is 0 Å².